The molecular formula is C20H24Cl2N2O6S2. The van der Waals surface area contributed by atoms with Crippen LogP contribution in [-0.4, -0.2) is 56.2 Å². The van der Waals surface area contributed by atoms with Gasteiger partial charge in [-0.2, -0.15) is 12.7 Å². The van der Waals surface area contributed by atoms with Crippen LogP contribution in [-0.2, 0) is 20.1 Å². The van der Waals surface area contributed by atoms with Crippen LogP contribution in [0.1, 0.15) is 55.3 Å². The third-order valence-corrected chi connectivity index (χ3v) is 11.4. The Hall–Kier alpha value is -1.07. The molecular weight excluding hydrogens is 499 g/mol. The Balaban J connectivity index is 1.35. The van der Waals surface area contributed by atoms with E-state index >= 15 is 0 Å². The Morgan fingerprint density at radius 2 is 1.69 bits per heavy atom. The number of halogens is 2. The van der Waals surface area contributed by atoms with Crippen LogP contribution in [0.5, 0.6) is 5.75 Å². The van der Waals surface area contributed by atoms with Crippen molar-refractivity contribution in [1.29, 1.82) is 0 Å². The smallest absolute Gasteiger partial charge is 0.312 e. The van der Waals surface area contributed by atoms with E-state index in [1.165, 1.54) is 12.1 Å². The quantitative estimate of drug-likeness (QED) is 0.551. The highest BCUT2D eigenvalue weighted by atomic mass is 35.5. The summed E-state index contributed by atoms with van der Waals surface area (Å²) in [5, 5.41) is 2.25. The fraction of sp³-hybridized carbons (Fsp3) is 0.650. The van der Waals surface area contributed by atoms with Crippen LogP contribution in [0.3, 0.4) is 0 Å². The van der Waals surface area contributed by atoms with Crippen LogP contribution < -0.4 is 9.50 Å². The minimum absolute atomic E-state index is 0.00769. The Morgan fingerprint density at radius 1 is 1.00 bits per heavy atom. The number of sulfonamides is 1. The summed E-state index contributed by atoms with van der Waals surface area (Å²) in [6.07, 6.45) is 4.59. The minimum atomic E-state index is -3.88. The second-order valence-corrected chi connectivity index (χ2v) is 14.0. The lowest BCUT2D eigenvalue weighted by atomic mass is 9.77. The Morgan fingerprint density at radius 3 is 2.28 bits per heavy atom. The van der Waals surface area contributed by atoms with E-state index in [1.54, 1.807) is 4.31 Å². The SMILES string of the molecule is O=C(N[C@@H]1C[C@H]2CC[C@@H]1CN2S(=O)(=O)C1CC1)c1cc(Cl)cc(Cl)c1OS(=O)(=O)C1CC1. The van der Waals surface area contributed by atoms with Crippen molar-refractivity contribution in [2.24, 2.45) is 5.92 Å². The molecule has 3 aliphatic carbocycles. The normalized spacial score (nSPS) is 28.5. The molecule has 3 saturated carbocycles. The van der Waals surface area contributed by atoms with Gasteiger partial charge in [0.15, 0.2) is 5.75 Å². The van der Waals surface area contributed by atoms with Gasteiger partial charge in [0.25, 0.3) is 5.91 Å². The minimum Gasteiger partial charge on any atom is -0.380 e. The number of hydrogen-bond acceptors (Lipinski definition) is 6. The van der Waals surface area contributed by atoms with Crippen molar-refractivity contribution in [3.8, 4) is 5.75 Å². The highest BCUT2D eigenvalue weighted by Crippen LogP contribution is 2.42. The molecule has 5 fully saturated rings. The average Bonchev–Trinajstić information content (AvgIpc) is 3.62. The number of carbonyl (C=O) groups is 1. The lowest BCUT2D eigenvalue weighted by Crippen LogP contribution is -2.60. The van der Waals surface area contributed by atoms with E-state index in [0.717, 1.165) is 25.7 Å². The van der Waals surface area contributed by atoms with Gasteiger partial charge in [-0.1, -0.05) is 23.2 Å². The summed E-state index contributed by atoms with van der Waals surface area (Å²) in [7, 11) is -7.15. The maximum Gasteiger partial charge on any atom is 0.312 e. The molecule has 2 heterocycles. The summed E-state index contributed by atoms with van der Waals surface area (Å²) in [5.74, 6) is -0.768. The van der Waals surface area contributed by atoms with Crippen LogP contribution >= 0.6 is 23.2 Å². The van der Waals surface area contributed by atoms with E-state index in [4.69, 9.17) is 27.4 Å². The lowest BCUT2D eigenvalue weighted by molar-refractivity contribution is 0.0681. The molecule has 0 aromatic heterocycles. The molecule has 8 nitrogen and oxygen atoms in total. The van der Waals surface area contributed by atoms with E-state index in [9.17, 15) is 21.6 Å². The number of piperidine rings is 2. The summed E-state index contributed by atoms with van der Waals surface area (Å²) in [6.45, 7) is 0.393. The van der Waals surface area contributed by atoms with Gasteiger partial charge in [-0.25, -0.2) is 8.42 Å². The standard InChI is InChI=1S/C20H24Cl2N2O6S2/c21-12-7-16(19(17(22)8-12)30-32(28,29)15-5-6-15)20(25)23-18-9-13-2-1-11(18)10-24(13)31(26,27)14-3-4-14/h7-8,11,13-15,18H,1-6,9-10H2,(H,23,25)/t11-,13-,18-/m1/s1. The number of hydrogen-bond donors (Lipinski definition) is 1. The third-order valence-electron chi connectivity index (χ3n) is 6.76. The summed E-state index contributed by atoms with van der Waals surface area (Å²) >= 11 is 12.3. The molecule has 2 bridgehead atoms. The van der Waals surface area contributed by atoms with Crippen molar-refractivity contribution in [1.82, 2.24) is 9.62 Å². The van der Waals surface area contributed by atoms with Gasteiger partial charge in [0.05, 0.1) is 21.1 Å². The van der Waals surface area contributed by atoms with Gasteiger partial charge in [0.1, 0.15) is 0 Å². The molecule has 0 spiro atoms. The molecule has 2 aliphatic heterocycles. The summed E-state index contributed by atoms with van der Waals surface area (Å²) in [5.41, 5.74) is -0.0457. The maximum absolute atomic E-state index is 13.1. The average molecular weight is 523 g/mol. The second kappa shape index (κ2) is 8.01. The molecule has 6 rings (SSSR count). The molecule has 1 aromatic carbocycles. The topological polar surface area (TPSA) is 110 Å². The number of nitrogens with one attached hydrogen (secondary N) is 1. The Kier molecular flexibility index (Phi) is 5.68. The summed E-state index contributed by atoms with van der Waals surface area (Å²) in [6, 6.07) is 2.31. The molecule has 0 radical (unpaired) electrons. The molecule has 32 heavy (non-hydrogen) atoms. The predicted octanol–water partition coefficient (Wildman–Crippen LogP) is 2.94. The van der Waals surface area contributed by atoms with Crippen molar-refractivity contribution in [2.75, 3.05) is 6.54 Å². The number of fused-ring (bicyclic) bond motifs is 3. The van der Waals surface area contributed by atoms with Crippen molar-refractivity contribution < 1.29 is 25.8 Å². The van der Waals surface area contributed by atoms with Crippen molar-refractivity contribution in [3.05, 3.63) is 27.7 Å². The van der Waals surface area contributed by atoms with E-state index in [2.05, 4.69) is 5.32 Å². The van der Waals surface area contributed by atoms with Crippen LogP contribution in [0.4, 0.5) is 0 Å². The lowest BCUT2D eigenvalue weighted by Gasteiger charge is -2.48. The van der Waals surface area contributed by atoms with Gasteiger partial charge in [-0.05, 0) is 63.0 Å². The molecule has 12 heteroatoms. The van der Waals surface area contributed by atoms with Crippen molar-refractivity contribution in [3.63, 3.8) is 0 Å². The summed E-state index contributed by atoms with van der Waals surface area (Å²) < 4.78 is 57.1. The molecule has 0 unspecified atom stereocenters. The molecule has 1 aromatic rings. The van der Waals surface area contributed by atoms with Crippen molar-refractivity contribution in [2.45, 2.75) is 67.5 Å². The Labute approximate surface area is 197 Å². The Bertz CT molecular complexity index is 1160. The monoisotopic (exact) mass is 522 g/mol. The van der Waals surface area contributed by atoms with Gasteiger partial charge in [-0.15, -0.1) is 0 Å². The van der Waals surface area contributed by atoms with Crippen LogP contribution in [0.25, 0.3) is 0 Å². The molecule has 1 amide bonds. The van der Waals surface area contributed by atoms with Crippen LogP contribution in [0.2, 0.25) is 10.0 Å². The zero-order chi connectivity index (χ0) is 22.8. The predicted molar refractivity (Wildman–Crippen MR) is 120 cm³/mol. The fourth-order valence-corrected chi connectivity index (χ4v) is 8.68. The zero-order valence-corrected chi connectivity index (χ0v) is 20.3. The molecule has 176 valence electrons. The van der Waals surface area contributed by atoms with Gasteiger partial charge >= 0.3 is 10.1 Å². The van der Waals surface area contributed by atoms with Gasteiger partial charge in [-0.3, -0.25) is 4.79 Å². The third kappa shape index (κ3) is 4.24. The van der Waals surface area contributed by atoms with E-state index in [0.29, 0.717) is 25.8 Å². The van der Waals surface area contributed by atoms with Crippen molar-refractivity contribution >= 4 is 49.3 Å². The first-order valence-corrected chi connectivity index (χ1v) is 14.5. The number of nitrogens with zero attached hydrogens (tertiary/aromatic N) is 1. The first-order chi connectivity index (χ1) is 15.1. The first kappa shape index (κ1) is 22.7. The highest BCUT2D eigenvalue weighted by molar-refractivity contribution is 7.90. The summed E-state index contributed by atoms with van der Waals surface area (Å²) in [4.78, 5) is 13.1. The first-order valence-electron chi connectivity index (χ1n) is 10.8. The number of amides is 1. The van der Waals surface area contributed by atoms with E-state index < -0.39 is 31.3 Å². The number of benzene rings is 1. The number of carbonyl (C=O) groups excluding carboxylic acids is 1. The molecule has 5 aliphatic rings. The molecule has 3 atom stereocenters. The van der Waals surface area contributed by atoms with Gasteiger partial charge in [0, 0.05) is 23.7 Å². The number of rotatable bonds is 7. The van der Waals surface area contributed by atoms with Crippen LogP contribution in [0, 0.1) is 5.92 Å². The highest BCUT2D eigenvalue weighted by Gasteiger charge is 2.50. The van der Waals surface area contributed by atoms with Crippen LogP contribution in [0.15, 0.2) is 12.1 Å². The maximum atomic E-state index is 13.1. The van der Waals surface area contributed by atoms with E-state index in [1.807, 2.05) is 0 Å². The largest absolute Gasteiger partial charge is 0.380 e. The van der Waals surface area contributed by atoms with E-state index in [-0.39, 0.29) is 44.6 Å². The molecule has 2 saturated heterocycles. The zero-order valence-electron chi connectivity index (χ0n) is 17.2. The van der Waals surface area contributed by atoms with Gasteiger partial charge in [0.2, 0.25) is 10.0 Å². The van der Waals surface area contributed by atoms with Gasteiger partial charge < -0.3 is 9.50 Å². The molecule has 1 N–H and O–H groups in total. The fourth-order valence-electron chi connectivity index (χ4n) is 4.72. The second-order valence-electron chi connectivity index (χ2n) is 9.16.